The monoisotopic (exact) mass is 384 g/mol. The minimum Gasteiger partial charge on any atom is -0.372 e. The van der Waals surface area contributed by atoms with Gasteiger partial charge >= 0.3 is 0 Å². The third-order valence-electron chi connectivity index (χ3n) is 4.35. The van der Waals surface area contributed by atoms with Gasteiger partial charge in [0.15, 0.2) is 0 Å². The van der Waals surface area contributed by atoms with Gasteiger partial charge in [-0.25, -0.2) is 0 Å². The molecule has 0 atom stereocenters. The molecule has 3 rings (SSSR count). The standard InChI is InChI=1S/C21H24N4O.ClH/c1-25-15-14-23-19(18-4-2-3-5-20(18)25)11-8-16-6-9-17(10-7-16)21(26)24-13-12-22;/h2-11H,12-15,22H2,1H3,(H,24,26);1H. The molecule has 0 bridgehead atoms. The predicted molar refractivity (Wildman–Crippen MR) is 115 cm³/mol. The Morgan fingerprint density at radius 3 is 2.67 bits per heavy atom. The summed E-state index contributed by atoms with van der Waals surface area (Å²) in [6, 6.07) is 15.8. The number of allylic oxidation sites excluding steroid dienone is 1. The lowest BCUT2D eigenvalue weighted by molar-refractivity contribution is 0.0955. The van der Waals surface area contributed by atoms with Gasteiger partial charge in [0, 0.05) is 43.5 Å². The van der Waals surface area contributed by atoms with Gasteiger partial charge in [-0.3, -0.25) is 9.79 Å². The SMILES string of the molecule is CN1CCN=C(C=Cc2ccc(C(=O)NCCN)cc2)c2ccccc21.Cl. The number of halogens is 1. The van der Waals surface area contributed by atoms with E-state index in [-0.39, 0.29) is 18.3 Å². The molecule has 0 saturated heterocycles. The predicted octanol–water partition coefficient (Wildman–Crippen LogP) is 2.75. The molecular weight excluding hydrogens is 360 g/mol. The van der Waals surface area contributed by atoms with Crippen molar-refractivity contribution in [3.05, 3.63) is 71.3 Å². The fourth-order valence-corrected chi connectivity index (χ4v) is 2.90. The number of carbonyl (C=O) groups excluding carboxylic acids is 1. The number of anilines is 1. The minimum atomic E-state index is -0.101. The van der Waals surface area contributed by atoms with E-state index in [0.29, 0.717) is 18.7 Å². The maximum absolute atomic E-state index is 11.9. The zero-order valence-electron chi connectivity index (χ0n) is 15.4. The fourth-order valence-electron chi connectivity index (χ4n) is 2.90. The lowest BCUT2D eigenvalue weighted by atomic mass is 10.0. The first-order valence-corrected chi connectivity index (χ1v) is 8.80. The summed E-state index contributed by atoms with van der Waals surface area (Å²) in [5.74, 6) is -0.101. The molecule has 1 heterocycles. The van der Waals surface area contributed by atoms with E-state index in [9.17, 15) is 4.79 Å². The number of para-hydroxylation sites is 1. The van der Waals surface area contributed by atoms with E-state index in [0.717, 1.165) is 29.9 Å². The molecule has 0 unspecified atom stereocenters. The van der Waals surface area contributed by atoms with Crippen LogP contribution >= 0.6 is 12.4 Å². The number of rotatable bonds is 5. The van der Waals surface area contributed by atoms with Crippen molar-refractivity contribution in [2.45, 2.75) is 0 Å². The molecule has 0 aromatic heterocycles. The van der Waals surface area contributed by atoms with Gasteiger partial charge < -0.3 is 16.0 Å². The highest BCUT2D eigenvalue weighted by Crippen LogP contribution is 2.23. The van der Waals surface area contributed by atoms with Crippen LogP contribution in [-0.4, -0.2) is 44.8 Å². The number of nitrogens with two attached hydrogens (primary N) is 1. The van der Waals surface area contributed by atoms with Gasteiger partial charge in [-0.1, -0.05) is 36.4 Å². The normalized spacial score (nSPS) is 13.4. The second kappa shape index (κ2) is 9.90. The van der Waals surface area contributed by atoms with Crippen LogP contribution in [0, 0.1) is 0 Å². The van der Waals surface area contributed by atoms with Gasteiger partial charge in [0.05, 0.1) is 12.3 Å². The van der Waals surface area contributed by atoms with Crippen LogP contribution in [0.4, 0.5) is 5.69 Å². The van der Waals surface area contributed by atoms with E-state index < -0.39 is 0 Å². The first-order chi connectivity index (χ1) is 12.7. The molecule has 1 amide bonds. The van der Waals surface area contributed by atoms with E-state index in [1.807, 2.05) is 42.5 Å². The van der Waals surface area contributed by atoms with Crippen LogP contribution in [0.3, 0.4) is 0 Å². The zero-order chi connectivity index (χ0) is 18.4. The highest BCUT2D eigenvalue weighted by molar-refractivity contribution is 6.14. The largest absolute Gasteiger partial charge is 0.372 e. The van der Waals surface area contributed by atoms with E-state index in [4.69, 9.17) is 10.7 Å². The highest BCUT2D eigenvalue weighted by Gasteiger charge is 2.13. The van der Waals surface area contributed by atoms with Gasteiger partial charge in [0.25, 0.3) is 5.91 Å². The molecule has 0 aliphatic carbocycles. The summed E-state index contributed by atoms with van der Waals surface area (Å²) >= 11 is 0. The molecule has 5 nitrogen and oxygen atoms in total. The van der Waals surface area contributed by atoms with Crippen molar-refractivity contribution in [2.24, 2.45) is 10.7 Å². The van der Waals surface area contributed by atoms with Crippen molar-refractivity contribution in [3.63, 3.8) is 0 Å². The summed E-state index contributed by atoms with van der Waals surface area (Å²) in [6.07, 6.45) is 4.07. The molecule has 0 saturated carbocycles. The number of likely N-dealkylation sites (N-methyl/N-ethyl adjacent to an activating group) is 1. The van der Waals surface area contributed by atoms with Crippen LogP contribution in [0.25, 0.3) is 6.08 Å². The second-order valence-electron chi connectivity index (χ2n) is 6.21. The molecule has 1 aliphatic heterocycles. The summed E-state index contributed by atoms with van der Waals surface area (Å²) in [6.45, 7) is 2.59. The number of carbonyl (C=O) groups is 1. The van der Waals surface area contributed by atoms with Crippen molar-refractivity contribution in [2.75, 3.05) is 38.1 Å². The smallest absolute Gasteiger partial charge is 0.251 e. The van der Waals surface area contributed by atoms with Gasteiger partial charge in [0.2, 0.25) is 0 Å². The molecule has 0 fully saturated rings. The summed E-state index contributed by atoms with van der Waals surface area (Å²) in [5.41, 5.74) is 10.4. The lowest BCUT2D eigenvalue weighted by Gasteiger charge is -2.18. The molecule has 142 valence electrons. The average molecular weight is 385 g/mol. The Labute approximate surface area is 166 Å². The van der Waals surface area contributed by atoms with Crippen LogP contribution < -0.4 is 16.0 Å². The van der Waals surface area contributed by atoms with Crippen molar-refractivity contribution in [1.29, 1.82) is 0 Å². The second-order valence-corrected chi connectivity index (χ2v) is 6.21. The van der Waals surface area contributed by atoms with Crippen LogP contribution in [0.15, 0.2) is 59.6 Å². The Balaban J connectivity index is 0.00000261. The first kappa shape index (κ1) is 20.7. The minimum absolute atomic E-state index is 0. The lowest BCUT2D eigenvalue weighted by Crippen LogP contribution is -2.28. The van der Waals surface area contributed by atoms with Crippen LogP contribution in [0.2, 0.25) is 0 Å². The van der Waals surface area contributed by atoms with E-state index >= 15 is 0 Å². The number of hydrogen-bond donors (Lipinski definition) is 2. The van der Waals surface area contributed by atoms with Crippen LogP contribution in [-0.2, 0) is 0 Å². The third kappa shape index (κ3) is 5.18. The zero-order valence-corrected chi connectivity index (χ0v) is 16.2. The number of nitrogens with one attached hydrogen (secondary N) is 1. The van der Waals surface area contributed by atoms with Crippen molar-refractivity contribution < 1.29 is 4.79 Å². The van der Waals surface area contributed by atoms with Crippen LogP contribution in [0.5, 0.6) is 0 Å². The molecule has 2 aromatic rings. The molecule has 1 aliphatic rings. The average Bonchev–Trinajstić information content (AvgIpc) is 2.84. The molecule has 0 radical (unpaired) electrons. The van der Waals surface area contributed by atoms with E-state index in [2.05, 4.69) is 35.5 Å². The van der Waals surface area contributed by atoms with Crippen molar-refractivity contribution >= 4 is 35.8 Å². The Bertz CT molecular complexity index is 830. The summed E-state index contributed by atoms with van der Waals surface area (Å²) in [5, 5.41) is 2.77. The fraction of sp³-hybridized carbons (Fsp3) is 0.238. The van der Waals surface area contributed by atoms with E-state index in [1.54, 1.807) is 0 Å². The Hall–Kier alpha value is -2.63. The summed E-state index contributed by atoms with van der Waals surface area (Å²) in [4.78, 5) is 18.9. The molecule has 3 N–H and O–H groups in total. The maximum atomic E-state index is 11.9. The molecule has 6 heteroatoms. The number of benzene rings is 2. The molecule has 27 heavy (non-hydrogen) atoms. The number of benzodiazepines with no additional fused rings is 1. The van der Waals surface area contributed by atoms with Crippen molar-refractivity contribution in [1.82, 2.24) is 5.32 Å². The molecule has 0 spiro atoms. The van der Waals surface area contributed by atoms with Gasteiger partial charge in [-0.15, -0.1) is 12.4 Å². The quantitative estimate of drug-likeness (QED) is 0.832. The van der Waals surface area contributed by atoms with Gasteiger partial charge in [-0.2, -0.15) is 0 Å². The number of aliphatic imine (C=N–C) groups is 1. The Kier molecular flexibility index (Phi) is 7.58. The van der Waals surface area contributed by atoms with E-state index in [1.165, 1.54) is 5.69 Å². The number of nitrogens with zero attached hydrogens (tertiary/aromatic N) is 2. The van der Waals surface area contributed by atoms with Crippen LogP contribution in [0.1, 0.15) is 21.5 Å². The molecule has 2 aromatic carbocycles. The third-order valence-corrected chi connectivity index (χ3v) is 4.35. The Morgan fingerprint density at radius 1 is 1.19 bits per heavy atom. The first-order valence-electron chi connectivity index (χ1n) is 8.80. The molecular formula is C21H25ClN4O. The topological polar surface area (TPSA) is 70.7 Å². The van der Waals surface area contributed by atoms with Gasteiger partial charge in [0.1, 0.15) is 0 Å². The maximum Gasteiger partial charge on any atom is 0.251 e. The number of hydrogen-bond acceptors (Lipinski definition) is 4. The van der Waals surface area contributed by atoms with Gasteiger partial charge in [-0.05, 0) is 29.8 Å². The number of fused-ring (bicyclic) bond motifs is 1. The summed E-state index contributed by atoms with van der Waals surface area (Å²) < 4.78 is 0. The summed E-state index contributed by atoms with van der Waals surface area (Å²) in [7, 11) is 2.09. The highest BCUT2D eigenvalue weighted by atomic mass is 35.5. The van der Waals surface area contributed by atoms with Crippen molar-refractivity contribution in [3.8, 4) is 0 Å². The Morgan fingerprint density at radius 2 is 1.93 bits per heavy atom. The number of amides is 1.